The van der Waals surface area contributed by atoms with Crippen LogP contribution in [-0.4, -0.2) is 45.0 Å². The zero-order valence-electron chi connectivity index (χ0n) is 12.2. The van der Waals surface area contributed by atoms with Crippen LogP contribution in [0.5, 0.6) is 5.75 Å². The lowest BCUT2D eigenvalue weighted by Crippen LogP contribution is -2.51. The van der Waals surface area contributed by atoms with Crippen molar-refractivity contribution >= 4 is 10.0 Å². The van der Waals surface area contributed by atoms with Crippen LogP contribution in [0.25, 0.3) is 0 Å². The number of benzene rings is 1. The monoisotopic (exact) mass is 298 g/mol. The molecule has 0 radical (unpaired) electrons. The molecule has 112 valence electrons. The zero-order chi connectivity index (χ0) is 14.8. The van der Waals surface area contributed by atoms with Crippen molar-refractivity contribution in [2.45, 2.75) is 31.7 Å². The normalized spacial score (nSPS) is 20.9. The molecule has 2 rings (SSSR count). The third-order valence-electron chi connectivity index (χ3n) is 3.42. The molecule has 1 unspecified atom stereocenters. The first-order chi connectivity index (χ1) is 9.45. The third-order valence-corrected chi connectivity index (χ3v) is 5.28. The molecule has 1 atom stereocenters. The number of nitrogens with zero attached hydrogens (tertiary/aromatic N) is 1. The fourth-order valence-electron chi connectivity index (χ4n) is 2.36. The molecular weight excluding hydrogens is 276 g/mol. The lowest BCUT2D eigenvalue weighted by atomic mass is 10.2. The maximum atomic E-state index is 12.6. The van der Waals surface area contributed by atoms with E-state index in [9.17, 15) is 8.42 Å². The number of hydrogen-bond acceptors (Lipinski definition) is 4. The fraction of sp³-hybridized carbons (Fsp3) is 0.571. The van der Waals surface area contributed by atoms with Crippen molar-refractivity contribution in [3.8, 4) is 5.75 Å². The van der Waals surface area contributed by atoms with Crippen molar-refractivity contribution < 1.29 is 13.2 Å². The van der Waals surface area contributed by atoms with E-state index >= 15 is 0 Å². The van der Waals surface area contributed by atoms with Crippen molar-refractivity contribution in [1.29, 1.82) is 0 Å². The molecule has 20 heavy (non-hydrogen) atoms. The summed E-state index contributed by atoms with van der Waals surface area (Å²) < 4.78 is 32.2. The number of ether oxygens (including phenoxy) is 1. The van der Waals surface area contributed by atoms with Gasteiger partial charge in [0.15, 0.2) is 0 Å². The Morgan fingerprint density at radius 3 is 2.80 bits per heavy atom. The average Bonchev–Trinajstić information content (AvgIpc) is 2.41. The van der Waals surface area contributed by atoms with Crippen molar-refractivity contribution in [2.24, 2.45) is 0 Å². The summed E-state index contributed by atoms with van der Waals surface area (Å²) in [4.78, 5) is 0.340. The van der Waals surface area contributed by atoms with E-state index in [-0.39, 0.29) is 6.04 Å². The summed E-state index contributed by atoms with van der Waals surface area (Å²) >= 11 is 0. The SMILES string of the molecule is CCOc1ccc(S(=O)(=O)N2CCNC(C)C2)cc1C. The highest BCUT2D eigenvalue weighted by Crippen LogP contribution is 2.24. The van der Waals surface area contributed by atoms with Gasteiger partial charge in [-0.15, -0.1) is 0 Å². The second-order valence-corrected chi connectivity index (χ2v) is 7.02. The van der Waals surface area contributed by atoms with Crippen LogP contribution in [0, 0.1) is 6.92 Å². The van der Waals surface area contributed by atoms with Gasteiger partial charge in [0.2, 0.25) is 10.0 Å². The summed E-state index contributed by atoms with van der Waals surface area (Å²) in [5, 5.41) is 3.25. The Labute approximate surface area is 121 Å². The number of aryl methyl sites for hydroxylation is 1. The number of nitrogens with one attached hydrogen (secondary N) is 1. The molecular formula is C14H22N2O3S. The summed E-state index contributed by atoms with van der Waals surface area (Å²) in [6.07, 6.45) is 0. The highest BCUT2D eigenvalue weighted by atomic mass is 32.2. The van der Waals surface area contributed by atoms with Crippen molar-refractivity contribution in [3.05, 3.63) is 23.8 Å². The van der Waals surface area contributed by atoms with Gasteiger partial charge in [-0.05, 0) is 44.5 Å². The van der Waals surface area contributed by atoms with Gasteiger partial charge in [0.05, 0.1) is 11.5 Å². The smallest absolute Gasteiger partial charge is 0.243 e. The molecule has 0 saturated carbocycles. The van der Waals surface area contributed by atoms with Crippen LogP contribution in [0.2, 0.25) is 0 Å². The van der Waals surface area contributed by atoms with E-state index in [1.807, 2.05) is 20.8 Å². The maximum absolute atomic E-state index is 12.6. The molecule has 0 aliphatic carbocycles. The zero-order valence-corrected chi connectivity index (χ0v) is 13.0. The molecule has 1 aliphatic heterocycles. The largest absolute Gasteiger partial charge is 0.494 e. The van der Waals surface area contributed by atoms with Gasteiger partial charge < -0.3 is 10.1 Å². The molecule has 0 spiro atoms. The second kappa shape index (κ2) is 6.11. The van der Waals surface area contributed by atoms with Crippen molar-refractivity contribution in [1.82, 2.24) is 9.62 Å². The standard InChI is InChI=1S/C14H22N2O3S/c1-4-19-14-6-5-13(9-11(14)2)20(17,18)16-8-7-15-12(3)10-16/h5-6,9,12,15H,4,7-8,10H2,1-3H3. The van der Waals surface area contributed by atoms with Gasteiger partial charge in [-0.2, -0.15) is 4.31 Å². The average molecular weight is 298 g/mol. The van der Waals surface area contributed by atoms with Crippen LogP contribution in [-0.2, 0) is 10.0 Å². The molecule has 5 nitrogen and oxygen atoms in total. The number of piperazine rings is 1. The van der Waals surface area contributed by atoms with E-state index in [1.165, 1.54) is 0 Å². The van der Waals surface area contributed by atoms with E-state index in [0.29, 0.717) is 31.1 Å². The Kier molecular flexibility index (Phi) is 4.67. The van der Waals surface area contributed by atoms with Crippen LogP contribution >= 0.6 is 0 Å². The van der Waals surface area contributed by atoms with E-state index in [0.717, 1.165) is 11.3 Å². The Morgan fingerprint density at radius 1 is 1.45 bits per heavy atom. The van der Waals surface area contributed by atoms with E-state index < -0.39 is 10.0 Å². The Hall–Kier alpha value is -1.11. The predicted molar refractivity (Wildman–Crippen MR) is 78.6 cm³/mol. The Morgan fingerprint density at radius 2 is 2.20 bits per heavy atom. The number of sulfonamides is 1. The molecule has 6 heteroatoms. The van der Waals surface area contributed by atoms with E-state index in [1.54, 1.807) is 22.5 Å². The van der Waals surface area contributed by atoms with Gasteiger partial charge in [0.1, 0.15) is 5.75 Å². The highest BCUT2D eigenvalue weighted by molar-refractivity contribution is 7.89. The minimum atomic E-state index is -3.41. The molecule has 0 amide bonds. The quantitative estimate of drug-likeness (QED) is 0.912. The maximum Gasteiger partial charge on any atom is 0.243 e. The number of hydrogen-bond donors (Lipinski definition) is 1. The minimum Gasteiger partial charge on any atom is -0.494 e. The molecule has 1 aromatic carbocycles. The molecule has 1 saturated heterocycles. The lowest BCUT2D eigenvalue weighted by molar-refractivity contribution is 0.310. The summed E-state index contributed by atoms with van der Waals surface area (Å²) in [7, 11) is -3.41. The number of rotatable bonds is 4. The molecule has 1 N–H and O–H groups in total. The van der Waals surface area contributed by atoms with Crippen molar-refractivity contribution in [3.63, 3.8) is 0 Å². The predicted octanol–water partition coefficient (Wildman–Crippen LogP) is 1.38. The summed E-state index contributed by atoms with van der Waals surface area (Å²) in [5.74, 6) is 0.736. The third kappa shape index (κ3) is 3.13. The van der Waals surface area contributed by atoms with Crippen LogP contribution in [0.15, 0.2) is 23.1 Å². The first kappa shape index (κ1) is 15.3. The molecule has 0 bridgehead atoms. The van der Waals surface area contributed by atoms with Crippen LogP contribution < -0.4 is 10.1 Å². The molecule has 1 aliphatic rings. The Bertz CT molecular complexity index is 572. The van der Waals surface area contributed by atoms with Gasteiger partial charge in [-0.25, -0.2) is 8.42 Å². The van der Waals surface area contributed by atoms with E-state index in [4.69, 9.17) is 4.74 Å². The fourth-order valence-corrected chi connectivity index (χ4v) is 3.98. The topological polar surface area (TPSA) is 58.6 Å². The summed E-state index contributed by atoms with van der Waals surface area (Å²) in [6, 6.07) is 5.23. The van der Waals surface area contributed by atoms with Gasteiger partial charge in [0, 0.05) is 25.7 Å². The van der Waals surface area contributed by atoms with Crippen LogP contribution in [0.3, 0.4) is 0 Å². The van der Waals surface area contributed by atoms with Crippen LogP contribution in [0.1, 0.15) is 19.4 Å². The first-order valence-corrected chi connectivity index (χ1v) is 8.36. The van der Waals surface area contributed by atoms with Gasteiger partial charge >= 0.3 is 0 Å². The van der Waals surface area contributed by atoms with Gasteiger partial charge in [-0.3, -0.25) is 0 Å². The van der Waals surface area contributed by atoms with Crippen molar-refractivity contribution in [2.75, 3.05) is 26.2 Å². The van der Waals surface area contributed by atoms with Gasteiger partial charge in [0.25, 0.3) is 0 Å². The minimum absolute atomic E-state index is 0.183. The molecule has 1 heterocycles. The molecule has 1 aromatic rings. The van der Waals surface area contributed by atoms with E-state index in [2.05, 4.69) is 5.32 Å². The molecule has 0 aromatic heterocycles. The summed E-state index contributed by atoms with van der Waals surface area (Å²) in [5.41, 5.74) is 0.844. The van der Waals surface area contributed by atoms with Crippen LogP contribution in [0.4, 0.5) is 0 Å². The molecule has 1 fully saturated rings. The summed E-state index contributed by atoms with van der Waals surface area (Å²) in [6.45, 7) is 8.05. The first-order valence-electron chi connectivity index (χ1n) is 6.92. The Balaban J connectivity index is 2.27. The lowest BCUT2D eigenvalue weighted by Gasteiger charge is -2.31. The second-order valence-electron chi connectivity index (χ2n) is 5.08. The highest BCUT2D eigenvalue weighted by Gasteiger charge is 2.28. The van der Waals surface area contributed by atoms with Gasteiger partial charge in [-0.1, -0.05) is 0 Å².